The van der Waals surface area contributed by atoms with Crippen molar-refractivity contribution in [2.24, 2.45) is 0 Å². The zero-order chi connectivity index (χ0) is 19.6. The Hall–Kier alpha value is -1.83. The summed E-state index contributed by atoms with van der Waals surface area (Å²) in [7, 11) is 0. The van der Waals surface area contributed by atoms with Gasteiger partial charge in [-0.1, -0.05) is 23.7 Å². The van der Waals surface area contributed by atoms with Gasteiger partial charge in [0.25, 0.3) is 0 Å². The van der Waals surface area contributed by atoms with E-state index in [-0.39, 0.29) is 49.0 Å². The quantitative estimate of drug-likeness (QED) is 0.424. The summed E-state index contributed by atoms with van der Waals surface area (Å²) in [5.41, 5.74) is 0.916. The van der Waals surface area contributed by atoms with E-state index >= 15 is 0 Å². The monoisotopic (exact) mass is 431 g/mol. The van der Waals surface area contributed by atoms with Crippen molar-refractivity contribution >= 4 is 41.8 Å². The van der Waals surface area contributed by atoms with E-state index in [1.807, 2.05) is 12.1 Å². The smallest absolute Gasteiger partial charge is 0.303 e. The number of carboxylic acids is 1. The molecule has 2 rings (SSSR count). The van der Waals surface area contributed by atoms with E-state index in [0.717, 1.165) is 24.9 Å². The first kappa shape index (κ1) is 24.2. The summed E-state index contributed by atoms with van der Waals surface area (Å²) in [5, 5.41) is 18.1. The fourth-order valence-corrected chi connectivity index (χ4v) is 3.19. The molecule has 9 heteroatoms. The molecule has 4 N–H and O–H groups in total. The molecule has 1 aromatic carbocycles. The minimum atomic E-state index is -0.883. The number of halogens is 2. The van der Waals surface area contributed by atoms with Gasteiger partial charge in [-0.3, -0.25) is 14.4 Å². The maximum atomic E-state index is 12.2. The van der Waals surface area contributed by atoms with Crippen molar-refractivity contribution in [2.45, 2.75) is 44.1 Å². The lowest BCUT2D eigenvalue weighted by atomic mass is 9.95. The number of benzene rings is 1. The van der Waals surface area contributed by atoms with Crippen LogP contribution in [0.4, 0.5) is 0 Å². The molecular formula is C19H27Cl2N3O4. The number of hydrogen-bond acceptors (Lipinski definition) is 4. The van der Waals surface area contributed by atoms with E-state index in [2.05, 4.69) is 16.0 Å². The standard InChI is InChI=1S/C19H26ClN3O4.ClH/c20-15-7-5-13(6-8-15)14(11-17(24)22-10-2-4-18(25)26)12-23-19(27)16-3-1-9-21-16;/h5-8,14,16,21H,1-4,9-12H2,(H,22,24)(H,23,27)(H,25,26);1H/t14-,16-;/m0./s1. The van der Waals surface area contributed by atoms with E-state index in [1.54, 1.807) is 12.1 Å². The number of rotatable bonds is 10. The average Bonchev–Trinajstić information content (AvgIpc) is 3.17. The normalized spacial score (nSPS) is 16.7. The highest BCUT2D eigenvalue weighted by Crippen LogP contribution is 2.21. The van der Waals surface area contributed by atoms with Gasteiger partial charge in [0, 0.05) is 36.9 Å². The van der Waals surface area contributed by atoms with Gasteiger partial charge in [-0.15, -0.1) is 12.4 Å². The molecule has 2 amide bonds. The average molecular weight is 432 g/mol. The summed E-state index contributed by atoms with van der Waals surface area (Å²) < 4.78 is 0. The van der Waals surface area contributed by atoms with Crippen LogP contribution in [0, 0.1) is 0 Å². The van der Waals surface area contributed by atoms with Crippen molar-refractivity contribution in [2.75, 3.05) is 19.6 Å². The lowest BCUT2D eigenvalue weighted by Gasteiger charge is -2.19. The number of nitrogens with one attached hydrogen (secondary N) is 3. The summed E-state index contributed by atoms with van der Waals surface area (Å²) in [5.74, 6) is -1.29. The molecule has 0 radical (unpaired) electrons. The molecule has 156 valence electrons. The van der Waals surface area contributed by atoms with Gasteiger partial charge in [0.1, 0.15) is 0 Å². The molecule has 1 fully saturated rings. The Morgan fingerprint density at radius 1 is 1.21 bits per heavy atom. The number of carbonyl (C=O) groups excluding carboxylic acids is 2. The second-order valence-corrected chi connectivity index (χ2v) is 7.13. The number of carboxylic acid groups (broad SMARTS) is 1. The van der Waals surface area contributed by atoms with E-state index in [1.165, 1.54) is 0 Å². The molecule has 1 aliphatic heterocycles. The van der Waals surface area contributed by atoms with Gasteiger partial charge in [-0.2, -0.15) is 0 Å². The first-order valence-electron chi connectivity index (χ1n) is 9.20. The van der Waals surface area contributed by atoms with E-state index in [9.17, 15) is 14.4 Å². The SMILES string of the molecule is Cl.O=C(O)CCCNC(=O)C[C@@H](CNC(=O)[C@@H]1CCCN1)c1ccc(Cl)cc1. The van der Waals surface area contributed by atoms with Gasteiger partial charge in [0.05, 0.1) is 6.04 Å². The molecular weight excluding hydrogens is 405 g/mol. The predicted molar refractivity (Wildman–Crippen MR) is 110 cm³/mol. The van der Waals surface area contributed by atoms with Crippen LogP contribution in [0.1, 0.15) is 43.6 Å². The maximum Gasteiger partial charge on any atom is 0.303 e. The van der Waals surface area contributed by atoms with Crippen LogP contribution in [-0.2, 0) is 14.4 Å². The summed E-state index contributed by atoms with van der Waals surface area (Å²) in [4.78, 5) is 35.0. The van der Waals surface area contributed by atoms with E-state index in [4.69, 9.17) is 16.7 Å². The Morgan fingerprint density at radius 3 is 2.54 bits per heavy atom. The highest BCUT2D eigenvalue weighted by atomic mass is 35.5. The topological polar surface area (TPSA) is 108 Å². The largest absolute Gasteiger partial charge is 0.481 e. The summed E-state index contributed by atoms with van der Waals surface area (Å²) in [6.45, 7) is 1.51. The van der Waals surface area contributed by atoms with Crippen molar-refractivity contribution < 1.29 is 19.5 Å². The van der Waals surface area contributed by atoms with Crippen molar-refractivity contribution in [3.8, 4) is 0 Å². The van der Waals surface area contributed by atoms with Gasteiger partial charge >= 0.3 is 5.97 Å². The van der Waals surface area contributed by atoms with Crippen molar-refractivity contribution in [3.63, 3.8) is 0 Å². The molecule has 0 aromatic heterocycles. The Morgan fingerprint density at radius 2 is 1.93 bits per heavy atom. The second-order valence-electron chi connectivity index (χ2n) is 6.69. The number of hydrogen-bond donors (Lipinski definition) is 4. The molecule has 0 spiro atoms. The second kappa shape index (κ2) is 12.6. The molecule has 1 aromatic rings. The third-order valence-corrected chi connectivity index (χ3v) is 4.81. The third kappa shape index (κ3) is 8.46. The Balaban J connectivity index is 0.00000392. The zero-order valence-corrected chi connectivity index (χ0v) is 17.2. The van der Waals surface area contributed by atoms with Crippen LogP contribution in [0.2, 0.25) is 5.02 Å². The van der Waals surface area contributed by atoms with Gasteiger partial charge < -0.3 is 21.1 Å². The first-order valence-corrected chi connectivity index (χ1v) is 9.58. The van der Waals surface area contributed by atoms with Crippen molar-refractivity contribution in [3.05, 3.63) is 34.9 Å². The molecule has 0 bridgehead atoms. The highest BCUT2D eigenvalue weighted by molar-refractivity contribution is 6.30. The number of amides is 2. The molecule has 0 aliphatic carbocycles. The Bertz CT molecular complexity index is 649. The molecule has 1 saturated heterocycles. The van der Waals surface area contributed by atoms with Crippen LogP contribution in [-0.4, -0.2) is 48.6 Å². The lowest BCUT2D eigenvalue weighted by molar-refractivity contribution is -0.137. The zero-order valence-electron chi connectivity index (χ0n) is 15.6. The van der Waals surface area contributed by atoms with Crippen LogP contribution in [0.5, 0.6) is 0 Å². The van der Waals surface area contributed by atoms with E-state index < -0.39 is 5.97 Å². The highest BCUT2D eigenvalue weighted by Gasteiger charge is 2.23. The molecule has 28 heavy (non-hydrogen) atoms. The number of carbonyl (C=O) groups is 3. The molecule has 1 heterocycles. The predicted octanol–water partition coefficient (Wildman–Crippen LogP) is 2.08. The third-order valence-electron chi connectivity index (χ3n) is 4.56. The molecule has 7 nitrogen and oxygen atoms in total. The van der Waals surface area contributed by atoms with Crippen LogP contribution >= 0.6 is 24.0 Å². The minimum absolute atomic E-state index is 0. The van der Waals surface area contributed by atoms with Crippen LogP contribution in [0.3, 0.4) is 0 Å². The fourth-order valence-electron chi connectivity index (χ4n) is 3.06. The summed E-state index contributed by atoms with van der Waals surface area (Å²) >= 11 is 5.94. The molecule has 0 saturated carbocycles. The first-order chi connectivity index (χ1) is 13.0. The van der Waals surface area contributed by atoms with Gasteiger partial charge in [0.2, 0.25) is 11.8 Å². The van der Waals surface area contributed by atoms with E-state index in [0.29, 0.717) is 24.5 Å². The molecule has 0 unspecified atom stereocenters. The fraction of sp³-hybridized carbons (Fsp3) is 0.526. The van der Waals surface area contributed by atoms with Crippen molar-refractivity contribution in [1.82, 2.24) is 16.0 Å². The Kier molecular flexibility index (Phi) is 10.9. The molecule has 1 aliphatic rings. The van der Waals surface area contributed by atoms with Gasteiger partial charge in [-0.25, -0.2) is 0 Å². The maximum absolute atomic E-state index is 12.2. The van der Waals surface area contributed by atoms with Crippen LogP contribution < -0.4 is 16.0 Å². The van der Waals surface area contributed by atoms with Crippen molar-refractivity contribution in [1.29, 1.82) is 0 Å². The van der Waals surface area contributed by atoms with Gasteiger partial charge in [0.15, 0.2) is 0 Å². The number of aliphatic carboxylic acids is 1. The van der Waals surface area contributed by atoms with Crippen LogP contribution in [0.15, 0.2) is 24.3 Å². The minimum Gasteiger partial charge on any atom is -0.481 e. The summed E-state index contributed by atoms with van der Waals surface area (Å²) in [6, 6.07) is 7.06. The summed E-state index contributed by atoms with van der Waals surface area (Å²) in [6.07, 6.45) is 2.41. The Labute approximate surface area is 176 Å². The van der Waals surface area contributed by atoms with Gasteiger partial charge in [-0.05, 0) is 43.5 Å². The van der Waals surface area contributed by atoms with Crippen LogP contribution in [0.25, 0.3) is 0 Å². The lowest BCUT2D eigenvalue weighted by Crippen LogP contribution is -2.42. The molecule has 2 atom stereocenters.